The summed E-state index contributed by atoms with van der Waals surface area (Å²) in [6.07, 6.45) is 2.95. The van der Waals surface area contributed by atoms with Crippen molar-refractivity contribution in [1.29, 1.82) is 0 Å². The third-order valence-electron chi connectivity index (χ3n) is 4.28. The number of carbonyl (C=O) groups is 1. The minimum Gasteiger partial charge on any atom is -0.759 e. The zero-order valence-electron chi connectivity index (χ0n) is 16.3. The Kier molecular flexibility index (Phi) is 8.54. The van der Waals surface area contributed by atoms with Crippen LogP contribution in [0.5, 0.6) is 0 Å². The summed E-state index contributed by atoms with van der Waals surface area (Å²) in [6.45, 7) is 9.66. The van der Waals surface area contributed by atoms with Crippen LogP contribution in [0.3, 0.4) is 0 Å². The predicted molar refractivity (Wildman–Crippen MR) is 97.4 cm³/mol. The first kappa shape index (κ1) is 23.4. The number of aliphatic hydroxyl groups excluding tert-OH is 1. The molecule has 0 aromatic carbocycles. The van der Waals surface area contributed by atoms with Crippen molar-refractivity contribution in [3.63, 3.8) is 0 Å². The summed E-state index contributed by atoms with van der Waals surface area (Å²) in [4.78, 5) is 22.5. The minimum absolute atomic E-state index is 0. The van der Waals surface area contributed by atoms with Gasteiger partial charge in [-0.3, -0.25) is 4.98 Å². The van der Waals surface area contributed by atoms with E-state index in [0.29, 0.717) is 23.1 Å². The number of alkyl carbamates (subject to hydrolysis) is 1. The maximum Gasteiger partial charge on any atom is 1.00 e. The Balaban J connectivity index is 0.00000338. The largest absolute Gasteiger partial charge is 1.00 e. The van der Waals surface area contributed by atoms with Crippen LogP contribution in [0.1, 0.15) is 46.2 Å². The number of aliphatic hydroxyl groups is 1. The predicted octanol–water partition coefficient (Wildman–Crippen LogP) is -0.990. The zero-order chi connectivity index (χ0) is 18.7. The number of nitrogens with one attached hydrogen (secondary N) is 1. The molecule has 7 nitrogen and oxygen atoms in total. The molecule has 1 aliphatic heterocycles. The molecule has 0 radical (unpaired) electrons. The van der Waals surface area contributed by atoms with E-state index in [1.165, 1.54) is 0 Å². The van der Waals surface area contributed by atoms with Gasteiger partial charge in [0.2, 0.25) is 0 Å². The summed E-state index contributed by atoms with van der Waals surface area (Å²) in [6, 6.07) is 0. The molecule has 2 heterocycles. The van der Waals surface area contributed by atoms with Crippen LogP contribution < -0.4 is 39.8 Å². The van der Waals surface area contributed by atoms with E-state index in [2.05, 4.69) is 27.1 Å². The quantitative estimate of drug-likeness (QED) is 0.504. The first-order chi connectivity index (χ1) is 11.6. The monoisotopic (exact) mass is 390 g/mol. The van der Waals surface area contributed by atoms with E-state index in [9.17, 15) is 9.90 Å². The number of hydrogen-bond donors (Lipinski definition) is 2. The molecule has 26 heavy (non-hydrogen) atoms. The smallest absolute Gasteiger partial charge is 0.759 e. The van der Waals surface area contributed by atoms with Gasteiger partial charge in [-0.05, 0) is 39.0 Å². The number of nitrogens with zero attached hydrogens (tertiary/aromatic N) is 3. The third kappa shape index (κ3) is 6.81. The molecule has 0 unspecified atom stereocenters. The molecule has 1 amide bonds. The van der Waals surface area contributed by atoms with Gasteiger partial charge in [0.1, 0.15) is 11.3 Å². The van der Waals surface area contributed by atoms with E-state index < -0.39 is 5.60 Å². The molecule has 1 fully saturated rings. The van der Waals surface area contributed by atoms with Crippen LogP contribution in [0.2, 0.25) is 0 Å². The number of hydrogen-bond acceptors (Lipinski definition) is 7. The summed E-state index contributed by atoms with van der Waals surface area (Å²) in [5.41, 5.74) is 0.0194. The van der Waals surface area contributed by atoms with Crippen molar-refractivity contribution in [2.45, 2.75) is 57.8 Å². The molecule has 1 aliphatic rings. The maximum atomic E-state index is 11.8. The van der Waals surface area contributed by atoms with E-state index >= 15 is 0 Å². The topological polar surface area (TPSA) is 87.6 Å². The Morgan fingerprint density at radius 2 is 2.04 bits per heavy atom. The van der Waals surface area contributed by atoms with Crippen molar-refractivity contribution >= 4 is 24.5 Å². The average Bonchev–Trinajstić information content (AvgIpc) is 2.52. The summed E-state index contributed by atoms with van der Waals surface area (Å²) < 4.78 is 5.29. The first-order valence-corrected chi connectivity index (χ1v) is 8.88. The summed E-state index contributed by atoms with van der Waals surface area (Å²) in [5.74, 6) is 0.693. The van der Waals surface area contributed by atoms with Gasteiger partial charge in [-0.15, -0.1) is 0 Å². The van der Waals surface area contributed by atoms with Crippen LogP contribution in [-0.4, -0.2) is 46.4 Å². The molecule has 0 bridgehead atoms. The Bertz CT molecular complexity index is 617. The molecular formula is C17H27N4NaO3S. The van der Waals surface area contributed by atoms with Crippen molar-refractivity contribution in [2.75, 3.05) is 24.5 Å². The second-order valence-corrected chi connectivity index (χ2v) is 8.21. The standard InChI is InChI=1S/C17H28N4O3S.Na/c1-16(2,3)24-15(23)19-11-17(4)5-7-21(8-6-17)14-12(10-22)20-13(25)9-18-14;/h9,22H,5-8,10-11H2,1-4H3,(H,19,23)(H,20,25);/q;+1/p-1. The molecule has 0 spiro atoms. The normalized spacial score (nSPS) is 16.6. The van der Waals surface area contributed by atoms with Crippen molar-refractivity contribution < 1.29 is 44.2 Å². The minimum atomic E-state index is -0.495. The number of amides is 1. The van der Waals surface area contributed by atoms with Crippen molar-refractivity contribution in [3.05, 3.63) is 11.9 Å². The van der Waals surface area contributed by atoms with E-state index in [4.69, 9.17) is 17.4 Å². The van der Waals surface area contributed by atoms with Crippen molar-refractivity contribution in [2.24, 2.45) is 5.41 Å². The van der Waals surface area contributed by atoms with Crippen LogP contribution in [0.15, 0.2) is 11.2 Å². The summed E-state index contributed by atoms with van der Waals surface area (Å²) in [5, 5.41) is 12.7. The molecule has 0 aliphatic carbocycles. The van der Waals surface area contributed by atoms with Gasteiger partial charge in [-0.2, -0.15) is 0 Å². The van der Waals surface area contributed by atoms with Gasteiger partial charge in [-0.25, -0.2) is 9.78 Å². The van der Waals surface area contributed by atoms with Crippen molar-refractivity contribution in [1.82, 2.24) is 15.3 Å². The molecule has 2 N–H and O–H groups in total. The average molecular weight is 390 g/mol. The van der Waals surface area contributed by atoms with E-state index in [0.717, 1.165) is 25.9 Å². The van der Waals surface area contributed by atoms with Gasteiger partial charge in [0.15, 0.2) is 5.82 Å². The van der Waals surface area contributed by atoms with E-state index in [1.54, 1.807) is 6.20 Å². The van der Waals surface area contributed by atoms with Crippen LogP contribution in [0.4, 0.5) is 10.6 Å². The van der Waals surface area contributed by atoms with Crippen molar-refractivity contribution in [3.8, 4) is 0 Å². The fourth-order valence-electron chi connectivity index (χ4n) is 2.81. The maximum absolute atomic E-state index is 11.8. The number of piperidine rings is 1. The van der Waals surface area contributed by atoms with Gasteiger partial charge in [0.25, 0.3) is 0 Å². The molecule has 0 atom stereocenters. The Labute approximate surface area is 183 Å². The molecule has 0 saturated carbocycles. The first-order valence-electron chi connectivity index (χ1n) is 8.47. The molecule has 140 valence electrons. The molecular weight excluding hydrogens is 363 g/mol. The number of aromatic nitrogens is 2. The summed E-state index contributed by atoms with van der Waals surface area (Å²) in [7, 11) is 0. The zero-order valence-corrected chi connectivity index (χ0v) is 19.2. The molecule has 1 aromatic rings. The Hall–Kier alpha value is -0.670. The molecule has 2 rings (SSSR count). The Morgan fingerprint density at radius 1 is 1.42 bits per heavy atom. The van der Waals surface area contributed by atoms with Gasteiger partial charge >= 0.3 is 35.7 Å². The number of anilines is 1. The number of carbonyl (C=O) groups excluding carboxylic acids is 1. The fraction of sp³-hybridized carbons (Fsp3) is 0.706. The third-order valence-corrected chi connectivity index (χ3v) is 4.48. The number of rotatable bonds is 4. The van der Waals surface area contributed by atoms with Gasteiger partial charge in [-0.1, -0.05) is 11.9 Å². The number of ether oxygens (including phenoxy) is 1. The molecule has 9 heteroatoms. The second kappa shape index (κ2) is 9.50. The van der Waals surface area contributed by atoms with Gasteiger partial charge in [0.05, 0.1) is 6.61 Å². The van der Waals surface area contributed by atoms with Crippen LogP contribution in [0.25, 0.3) is 0 Å². The Morgan fingerprint density at radius 3 is 2.58 bits per heavy atom. The van der Waals surface area contributed by atoms with Crippen LogP contribution in [-0.2, 0) is 24.0 Å². The van der Waals surface area contributed by atoms with Gasteiger partial charge < -0.3 is 32.7 Å². The molecule has 1 saturated heterocycles. The second-order valence-electron chi connectivity index (χ2n) is 7.79. The summed E-state index contributed by atoms with van der Waals surface area (Å²) >= 11 is 5.00. The fourth-order valence-corrected chi connectivity index (χ4v) is 2.97. The van der Waals surface area contributed by atoms with Crippen LogP contribution >= 0.6 is 0 Å². The van der Waals surface area contributed by atoms with E-state index in [1.807, 2.05) is 20.8 Å². The SMILES string of the molecule is CC1(CNC(=O)OC(C)(C)C)CCN(c2ncc([S-])nc2CO)CC1.[Na+]. The van der Waals surface area contributed by atoms with E-state index in [-0.39, 0.29) is 47.7 Å². The van der Waals surface area contributed by atoms with Gasteiger partial charge in [0, 0.05) is 25.8 Å². The van der Waals surface area contributed by atoms with Crippen LogP contribution in [0, 0.1) is 5.41 Å². The molecule has 1 aromatic heterocycles.